The Bertz CT molecular complexity index is 565. The average molecular weight is 244 g/mol. The molecule has 2 aromatic rings. The van der Waals surface area contributed by atoms with Gasteiger partial charge in [-0.2, -0.15) is 0 Å². The van der Waals surface area contributed by atoms with E-state index in [1.54, 1.807) is 12.1 Å². The molecule has 0 saturated carbocycles. The maximum Gasteiger partial charge on any atom is 0.154 e. The number of carbonyl (C=O) groups is 1. The van der Waals surface area contributed by atoms with E-state index in [4.69, 9.17) is 0 Å². The molecule has 0 saturated heterocycles. The number of nitrogens with zero attached hydrogens (tertiary/aromatic N) is 2. The molecule has 0 atom stereocenters. The van der Waals surface area contributed by atoms with Gasteiger partial charge >= 0.3 is 0 Å². The van der Waals surface area contributed by atoms with E-state index in [1.807, 2.05) is 13.8 Å². The van der Waals surface area contributed by atoms with Crippen LogP contribution in [0.5, 0.6) is 0 Å². The van der Waals surface area contributed by atoms with Crippen LogP contribution >= 0.6 is 0 Å². The van der Waals surface area contributed by atoms with E-state index < -0.39 is 0 Å². The van der Waals surface area contributed by atoms with E-state index in [0.29, 0.717) is 22.5 Å². The van der Waals surface area contributed by atoms with Crippen molar-refractivity contribution >= 4 is 6.29 Å². The highest BCUT2D eigenvalue weighted by atomic mass is 19.1. The van der Waals surface area contributed by atoms with E-state index in [9.17, 15) is 9.18 Å². The predicted octanol–water partition coefficient (Wildman–Crippen LogP) is 3.22. The number of aldehydes is 1. The van der Waals surface area contributed by atoms with Crippen molar-refractivity contribution in [2.45, 2.75) is 19.8 Å². The minimum Gasteiger partial charge on any atom is -0.298 e. The quantitative estimate of drug-likeness (QED) is 0.778. The van der Waals surface area contributed by atoms with Gasteiger partial charge in [-0.15, -0.1) is 0 Å². The molecule has 0 radical (unpaired) electrons. The highest BCUT2D eigenvalue weighted by molar-refractivity contribution is 5.87. The largest absolute Gasteiger partial charge is 0.298 e. The molecule has 0 spiro atoms. The first-order valence-electron chi connectivity index (χ1n) is 5.69. The second-order valence-electron chi connectivity index (χ2n) is 4.30. The molecule has 18 heavy (non-hydrogen) atoms. The summed E-state index contributed by atoms with van der Waals surface area (Å²) in [6.45, 7) is 3.92. The molecule has 0 amide bonds. The van der Waals surface area contributed by atoms with Crippen LogP contribution in [-0.2, 0) is 0 Å². The summed E-state index contributed by atoms with van der Waals surface area (Å²) in [5, 5.41) is 0. The second-order valence-corrected chi connectivity index (χ2v) is 4.30. The third-order valence-electron chi connectivity index (χ3n) is 2.70. The predicted molar refractivity (Wildman–Crippen MR) is 66.9 cm³/mol. The summed E-state index contributed by atoms with van der Waals surface area (Å²) in [5.74, 6) is -0.183. The lowest BCUT2D eigenvalue weighted by molar-refractivity contribution is 0.112. The summed E-state index contributed by atoms with van der Waals surface area (Å²) >= 11 is 0. The number of rotatable bonds is 3. The first-order valence-corrected chi connectivity index (χ1v) is 5.69. The normalized spacial score (nSPS) is 10.7. The lowest BCUT2D eigenvalue weighted by atomic mass is 9.99. The molecule has 1 aromatic heterocycles. The fourth-order valence-electron chi connectivity index (χ4n) is 1.82. The summed E-state index contributed by atoms with van der Waals surface area (Å²) in [6, 6.07) is 5.91. The van der Waals surface area contributed by atoms with Gasteiger partial charge in [0.05, 0.1) is 17.0 Å². The first-order chi connectivity index (χ1) is 8.63. The zero-order valence-corrected chi connectivity index (χ0v) is 10.2. The highest BCUT2D eigenvalue weighted by Gasteiger charge is 2.14. The molecule has 0 aliphatic carbocycles. The summed E-state index contributed by atoms with van der Waals surface area (Å²) in [6.07, 6.45) is 2.19. The van der Waals surface area contributed by atoms with Crippen LogP contribution in [0.2, 0.25) is 0 Å². The Morgan fingerprint density at radius 3 is 2.39 bits per heavy atom. The Hall–Kier alpha value is -2.10. The number of benzene rings is 1. The maximum absolute atomic E-state index is 12.9. The van der Waals surface area contributed by atoms with Crippen molar-refractivity contribution in [3.8, 4) is 11.3 Å². The summed E-state index contributed by atoms with van der Waals surface area (Å²) in [5.41, 5.74) is 2.44. The van der Waals surface area contributed by atoms with Gasteiger partial charge in [0.25, 0.3) is 0 Å². The molecule has 3 nitrogen and oxygen atoms in total. The van der Waals surface area contributed by atoms with Gasteiger partial charge in [0.15, 0.2) is 6.29 Å². The zero-order chi connectivity index (χ0) is 13.1. The van der Waals surface area contributed by atoms with Crippen LogP contribution in [-0.4, -0.2) is 16.3 Å². The number of aromatic nitrogens is 2. The van der Waals surface area contributed by atoms with E-state index in [2.05, 4.69) is 9.97 Å². The van der Waals surface area contributed by atoms with Crippen LogP contribution < -0.4 is 0 Å². The van der Waals surface area contributed by atoms with E-state index in [1.165, 1.54) is 18.5 Å². The van der Waals surface area contributed by atoms with Gasteiger partial charge < -0.3 is 0 Å². The minimum absolute atomic E-state index is 0.132. The summed E-state index contributed by atoms with van der Waals surface area (Å²) in [4.78, 5) is 19.5. The molecule has 0 fully saturated rings. The topological polar surface area (TPSA) is 42.9 Å². The van der Waals surface area contributed by atoms with Crippen molar-refractivity contribution < 1.29 is 9.18 Å². The van der Waals surface area contributed by atoms with Gasteiger partial charge in [-0.05, 0) is 30.2 Å². The SMILES string of the molecule is CC(C)c1ncnc(-c2ccc(F)cc2)c1C=O. The molecule has 0 N–H and O–H groups in total. The van der Waals surface area contributed by atoms with Crippen molar-refractivity contribution in [2.75, 3.05) is 0 Å². The number of hydrogen-bond donors (Lipinski definition) is 0. The molecular weight excluding hydrogens is 231 g/mol. The van der Waals surface area contributed by atoms with Gasteiger partial charge in [-0.25, -0.2) is 14.4 Å². The van der Waals surface area contributed by atoms with Crippen LogP contribution in [0.25, 0.3) is 11.3 Å². The molecular formula is C14H13FN2O. The van der Waals surface area contributed by atoms with Crippen LogP contribution in [0.1, 0.15) is 35.8 Å². The second kappa shape index (κ2) is 5.04. The van der Waals surface area contributed by atoms with E-state index in [-0.39, 0.29) is 11.7 Å². The van der Waals surface area contributed by atoms with E-state index >= 15 is 0 Å². The average Bonchev–Trinajstić information content (AvgIpc) is 2.38. The third kappa shape index (κ3) is 2.27. The molecule has 0 aliphatic heterocycles. The van der Waals surface area contributed by atoms with Crippen LogP contribution in [0.15, 0.2) is 30.6 Å². The van der Waals surface area contributed by atoms with Crippen molar-refractivity contribution in [3.63, 3.8) is 0 Å². The Kier molecular flexibility index (Phi) is 3.46. The van der Waals surface area contributed by atoms with E-state index in [0.717, 1.165) is 6.29 Å². The van der Waals surface area contributed by atoms with Crippen LogP contribution in [0.3, 0.4) is 0 Å². The molecule has 1 heterocycles. The Morgan fingerprint density at radius 1 is 1.17 bits per heavy atom. The van der Waals surface area contributed by atoms with Gasteiger partial charge in [-0.3, -0.25) is 4.79 Å². The Labute approximate surface area is 105 Å². The van der Waals surface area contributed by atoms with Gasteiger partial charge in [0.2, 0.25) is 0 Å². The van der Waals surface area contributed by atoms with Gasteiger partial charge in [0.1, 0.15) is 12.1 Å². The fraction of sp³-hybridized carbons (Fsp3) is 0.214. The van der Waals surface area contributed by atoms with Gasteiger partial charge in [-0.1, -0.05) is 13.8 Å². The zero-order valence-electron chi connectivity index (χ0n) is 10.2. The molecule has 4 heteroatoms. The lowest BCUT2D eigenvalue weighted by Gasteiger charge is -2.10. The maximum atomic E-state index is 12.9. The summed E-state index contributed by atoms with van der Waals surface area (Å²) < 4.78 is 12.9. The smallest absolute Gasteiger partial charge is 0.154 e. The van der Waals surface area contributed by atoms with Crippen molar-refractivity contribution in [2.24, 2.45) is 0 Å². The molecule has 1 aromatic carbocycles. The standard InChI is InChI=1S/C14H13FN2O/c1-9(2)13-12(7-18)14(17-8-16-13)10-3-5-11(15)6-4-10/h3-9H,1-2H3. The van der Waals surface area contributed by atoms with Gasteiger partial charge in [0, 0.05) is 5.56 Å². The van der Waals surface area contributed by atoms with Crippen molar-refractivity contribution in [1.82, 2.24) is 9.97 Å². The molecule has 92 valence electrons. The van der Waals surface area contributed by atoms with Crippen LogP contribution in [0.4, 0.5) is 4.39 Å². The third-order valence-corrected chi connectivity index (χ3v) is 2.70. The molecule has 0 bridgehead atoms. The first kappa shape index (κ1) is 12.4. The molecule has 0 aliphatic rings. The number of carbonyl (C=O) groups excluding carboxylic acids is 1. The van der Waals surface area contributed by atoms with Crippen LogP contribution in [0, 0.1) is 5.82 Å². The molecule has 0 unspecified atom stereocenters. The van der Waals surface area contributed by atoms with Crippen molar-refractivity contribution in [3.05, 3.63) is 47.7 Å². The van der Waals surface area contributed by atoms with Crippen molar-refractivity contribution in [1.29, 1.82) is 0 Å². The lowest BCUT2D eigenvalue weighted by Crippen LogP contribution is -2.03. The summed E-state index contributed by atoms with van der Waals surface area (Å²) in [7, 11) is 0. The highest BCUT2D eigenvalue weighted by Crippen LogP contribution is 2.25. The fourth-order valence-corrected chi connectivity index (χ4v) is 1.82. The molecule has 2 rings (SSSR count). The number of hydrogen-bond acceptors (Lipinski definition) is 3. The monoisotopic (exact) mass is 244 g/mol. The Morgan fingerprint density at radius 2 is 1.83 bits per heavy atom. The minimum atomic E-state index is -0.315. The number of halogens is 1. The Balaban J connectivity index is 2.60.